The van der Waals surface area contributed by atoms with E-state index < -0.39 is 0 Å². The molecule has 1 atom stereocenters. The highest BCUT2D eigenvalue weighted by Crippen LogP contribution is 2.35. The average Bonchev–Trinajstić information content (AvgIpc) is 3.05. The summed E-state index contributed by atoms with van der Waals surface area (Å²) in [6.45, 7) is 6.43. The number of amides is 1. The van der Waals surface area contributed by atoms with Crippen LogP contribution in [0.15, 0.2) is 41.8 Å². The highest BCUT2D eigenvalue weighted by atomic mass is 32.1. The molecule has 0 bridgehead atoms. The number of hydrogen-bond acceptors (Lipinski definition) is 3. The summed E-state index contributed by atoms with van der Waals surface area (Å²) in [6.07, 6.45) is 2.11. The maximum atomic E-state index is 12.8. The Kier molecular flexibility index (Phi) is 5.13. The van der Waals surface area contributed by atoms with Crippen molar-refractivity contribution in [2.75, 3.05) is 24.5 Å². The quantitative estimate of drug-likeness (QED) is 0.824. The molecule has 23 heavy (non-hydrogen) atoms. The highest BCUT2D eigenvalue weighted by molar-refractivity contribution is 7.10. The highest BCUT2D eigenvalue weighted by Gasteiger charge is 2.29. The van der Waals surface area contributed by atoms with E-state index in [9.17, 15) is 4.79 Å². The summed E-state index contributed by atoms with van der Waals surface area (Å²) >= 11 is 1.85. The summed E-state index contributed by atoms with van der Waals surface area (Å²) in [5.74, 6) is 0.191. The molecule has 3 rings (SSSR count). The van der Waals surface area contributed by atoms with E-state index in [1.54, 1.807) is 0 Å². The SMILES string of the molecule is CCC1c2ccsc2CCN1CC(=O)N(CC)c1ccccc1. The first-order valence-electron chi connectivity index (χ1n) is 8.40. The van der Waals surface area contributed by atoms with Gasteiger partial charge in [0, 0.05) is 29.7 Å². The second-order valence-electron chi connectivity index (χ2n) is 5.92. The number of fused-ring (bicyclic) bond motifs is 1. The second-order valence-corrected chi connectivity index (χ2v) is 6.92. The van der Waals surface area contributed by atoms with Crippen molar-refractivity contribution in [3.63, 3.8) is 0 Å². The summed E-state index contributed by atoms with van der Waals surface area (Å²) < 4.78 is 0. The molecule has 1 aliphatic rings. The van der Waals surface area contributed by atoms with E-state index in [2.05, 4.69) is 23.3 Å². The van der Waals surface area contributed by atoms with Crippen molar-refractivity contribution >= 4 is 22.9 Å². The topological polar surface area (TPSA) is 23.6 Å². The van der Waals surface area contributed by atoms with Gasteiger partial charge in [0.25, 0.3) is 0 Å². The first-order valence-corrected chi connectivity index (χ1v) is 9.28. The minimum absolute atomic E-state index is 0.191. The Bertz CT molecular complexity index is 652. The van der Waals surface area contributed by atoms with Gasteiger partial charge in [0.15, 0.2) is 0 Å². The van der Waals surface area contributed by atoms with E-state index in [0.29, 0.717) is 19.1 Å². The van der Waals surface area contributed by atoms with Crippen LogP contribution in [0.2, 0.25) is 0 Å². The third-order valence-electron chi connectivity index (χ3n) is 4.62. The van der Waals surface area contributed by atoms with Gasteiger partial charge in [-0.1, -0.05) is 25.1 Å². The Morgan fingerprint density at radius 1 is 1.26 bits per heavy atom. The van der Waals surface area contributed by atoms with Crippen molar-refractivity contribution in [2.24, 2.45) is 0 Å². The third-order valence-corrected chi connectivity index (χ3v) is 5.61. The zero-order valence-corrected chi connectivity index (χ0v) is 14.7. The van der Waals surface area contributed by atoms with Crippen molar-refractivity contribution < 1.29 is 4.79 Å². The van der Waals surface area contributed by atoms with Crippen LogP contribution in [0.4, 0.5) is 5.69 Å². The number of hydrogen-bond donors (Lipinski definition) is 0. The Morgan fingerprint density at radius 3 is 2.74 bits per heavy atom. The molecule has 0 saturated carbocycles. The van der Waals surface area contributed by atoms with Crippen LogP contribution in [0.5, 0.6) is 0 Å². The van der Waals surface area contributed by atoms with E-state index in [0.717, 1.165) is 25.1 Å². The molecular formula is C19H24N2OS. The number of nitrogens with zero attached hydrogens (tertiary/aromatic N) is 2. The first-order chi connectivity index (χ1) is 11.2. The largest absolute Gasteiger partial charge is 0.312 e. The van der Waals surface area contributed by atoms with Gasteiger partial charge in [-0.15, -0.1) is 11.3 Å². The van der Waals surface area contributed by atoms with Gasteiger partial charge in [-0.3, -0.25) is 9.69 Å². The molecule has 4 heteroatoms. The first kappa shape index (κ1) is 16.2. The fraction of sp³-hybridized carbons (Fsp3) is 0.421. The van der Waals surface area contributed by atoms with Gasteiger partial charge >= 0.3 is 0 Å². The third kappa shape index (κ3) is 3.33. The van der Waals surface area contributed by atoms with Crippen LogP contribution < -0.4 is 4.90 Å². The van der Waals surface area contributed by atoms with E-state index in [-0.39, 0.29) is 5.91 Å². The Balaban J connectivity index is 1.74. The van der Waals surface area contributed by atoms with E-state index >= 15 is 0 Å². The molecule has 3 nitrogen and oxygen atoms in total. The standard InChI is InChI=1S/C19H24N2OS/c1-3-17-16-11-13-23-18(16)10-12-20(17)14-19(22)21(4-2)15-8-6-5-7-9-15/h5-9,11,13,17H,3-4,10,12,14H2,1-2H3. The number of benzene rings is 1. The normalized spacial score (nSPS) is 17.7. The van der Waals surface area contributed by atoms with Gasteiger partial charge in [0.05, 0.1) is 6.54 Å². The number of anilines is 1. The minimum atomic E-state index is 0.191. The van der Waals surface area contributed by atoms with E-state index in [1.165, 1.54) is 10.4 Å². The molecule has 1 aliphatic heterocycles. The molecule has 0 fully saturated rings. The zero-order valence-electron chi connectivity index (χ0n) is 13.9. The molecule has 0 aliphatic carbocycles. The molecule has 1 aromatic heterocycles. The zero-order chi connectivity index (χ0) is 16.2. The fourth-order valence-electron chi connectivity index (χ4n) is 3.49. The molecule has 0 N–H and O–H groups in total. The van der Waals surface area contributed by atoms with Gasteiger partial charge in [0.1, 0.15) is 0 Å². The second kappa shape index (κ2) is 7.28. The van der Waals surface area contributed by atoms with Crippen LogP contribution in [-0.2, 0) is 11.2 Å². The summed E-state index contributed by atoms with van der Waals surface area (Å²) in [4.78, 5) is 18.6. The lowest BCUT2D eigenvalue weighted by Gasteiger charge is -2.36. The molecule has 1 amide bonds. The fourth-order valence-corrected chi connectivity index (χ4v) is 4.41. The van der Waals surface area contributed by atoms with Gasteiger partial charge < -0.3 is 4.90 Å². The maximum absolute atomic E-state index is 12.8. The number of carbonyl (C=O) groups excluding carboxylic acids is 1. The molecule has 0 saturated heterocycles. The monoisotopic (exact) mass is 328 g/mol. The van der Waals surface area contributed by atoms with Gasteiger partial charge in [-0.25, -0.2) is 0 Å². The molecule has 2 aromatic rings. The van der Waals surface area contributed by atoms with Crippen LogP contribution in [0, 0.1) is 0 Å². The lowest BCUT2D eigenvalue weighted by atomic mass is 9.98. The summed E-state index contributed by atoms with van der Waals surface area (Å²) in [5.41, 5.74) is 2.42. The predicted molar refractivity (Wildman–Crippen MR) is 97.1 cm³/mol. The van der Waals surface area contributed by atoms with Gasteiger partial charge in [-0.2, -0.15) is 0 Å². The van der Waals surface area contributed by atoms with Crippen LogP contribution >= 0.6 is 11.3 Å². The molecular weight excluding hydrogens is 304 g/mol. The molecule has 0 radical (unpaired) electrons. The molecule has 122 valence electrons. The minimum Gasteiger partial charge on any atom is -0.312 e. The number of para-hydroxylation sites is 1. The number of rotatable bonds is 5. The summed E-state index contributed by atoms with van der Waals surface area (Å²) in [5, 5.41) is 2.18. The smallest absolute Gasteiger partial charge is 0.241 e. The summed E-state index contributed by atoms with van der Waals surface area (Å²) in [6, 6.07) is 12.6. The van der Waals surface area contributed by atoms with Crippen LogP contribution in [0.25, 0.3) is 0 Å². The van der Waals surface area contributed by atoms with Crippen LogP contribution in [0.3, 0.4) is 0 Å². The molecule has 0 spiro atoms. The van der Waals surface area contributed by atoms with Crippen LogP contribution in [0.1, 0.15) is 36.8 Å². The average molecular weight is 328 g/mol. The predicted octanol–water partition coefficient (Wildman–Crippen LogP) is 4.11. The van der Waals surface area contributed by atoms with E-state index in [4.69, 9.17) is 0 Å². The Hall–Kier alpha value is -1.65. The Labute approximate surface area is 142 Å². The van der Waals surface area contributed by atoms with Crippen molar-refractivity contribution in [3.05, 3.63) is 52.2 Å². The summed E-state index contributed by atoms with van der Waals surface area (Å²) in [7, 11) is 0. The maximum Gasteiger partial charge on any atom is 0.241 e. The van der Waals surface area contributed by atoms with Crippen molar-refractivity contribution in [2.45, 2.75) is 32.7 Å². The number of carbonyl (C=O) groups is 1. The lowest BCUT2D eigenvalue weighted by molar-refractivity contribution is -0.120. The van der Waals surface area contributed by atoms with Gasteiger partial charge in [-0.05, 0) is 48.9 Å². The lowest BCUT2D eigenvalue weighted by Crippen LogP contribution is -2.44. The molecule has 1 aromatic carbocycles. The van der Waals surface area contributed by atoms with Crippen LogP contribution in [-0.4, -0.2) is 30.4 Å². The van der Waals surface area contributed by atoms with E-state index in [1.807, 2.05) is 53.5 Å². The van der Waals surface area contributed by atoms with Crippen molar-refractivity contribution in [3.8, 4) is 0 Å². The molecule has 1 unspecified atom stereocenters. The van der Waals surface area contributed by atoms with Crippen molar-refractivity contribution in [1.29, 1.82) is 0 Å². The van der Waals surface area contributed by atoms with Gasteiger partial charge in [0.2, 0.25) is 5.91 Å². The molecule has 2 heterocycles. The van der Waals surface area contributed by atoms with Crippen molar-refractivity contribution in [1.82, 2.24) is 4.90 Å². The Morgan fingerprint density at radius 2 is 2.04 bits per heavy atom. The number of likely N-dealkylation sites (N-methyl/N-ethyl adjacent to an activating group) is 1. The number of thiophene rings is 1.